The molecule has 0 spiro atoms. The van der Waals surface area contributed by atoms with Crippen LogP contribution in [0.15, 0.2) is 88.6 Å². The number of hydrogen-bond acceptors (Lipinski definition) is 4. The van der Waals surface area contributed by atoms with Crippen molar-refractivity contribution in [3.8, 4) is 11.5 Å². The quantitative estimate of drug-likeness (QED) is 0.377. The fourth-order valence-corrected chi connectivity index (χ4v) is 3.87. The Morgan fingerprint density at radius 2 is 1.59 bits per heavy atom. The van der Waals surface area contributed by atoms with E-state index in [9.17, 15) is 0 Å². The second-order valence-electron chi connectivity index (χ2n) is 6.01. The topological polar surface area (TPSA) is 43.6 Å². The van der Waals surface area contributed by atoms with E-state index in [1.807, 2.05) is 24.3 Å². The van der Waals surface area contributed by atoms with E-state index < -0.39 is 0 Å². The summed E-state index contributed by atoms with van der Waals surface area (Å²) >= 11 is 5.17. The zero-order valence-corrected chi connectivity index (χ0v) is 16.9. The minimum Gasteiger partial charge on any atom is -0.296 e. The zero-order valence-electron chi connectivity index (χ0n) is 14.5. The van der Waals surface area contributed by atoms with Crippen LogP contribution in [0.4, 0.5) is 0 Å². The summed E-state index contributed by atoms with van der Waals surface area (Å²) in [6.07, 6.45) is 1.78. The van der Waals surface area contributed by atoms with Gasteiger partial charge in [-0.3, -0.25) is 9.55 Å². The van der Waals surface area contributed by atoms with Gasteiger partial charge in [-0.25, -0.2) is 0 Å². The van der Waals surface area contributed by atoms with Gasteiger partial charge in [0, 0.05) is 16.4 Å². The van der Waals surface area contributed by atoms with E-state index in [1.165, 1.54) is 11.1 Å². The molecule has 0 fully saturated rings. The predicted molar refractivity (Wildman–Crippen MR) is 112 cm³/mol. The summed E-state index contributed by atoms with van der Waals surface area (Å²) < 4.78 is 3.22. The lowest BCUT2D eigenvalue weighted by atomic mass is 10.2. The Hall–Kier alpha value is -2.44. The number of hydrogen-bond donors (Lipinski definition) is 0. The Bertz CT molecular complexity index is 1000. The van der Waals surface area contributed by atoms with Crippen LogP contribution >= 0.6 is 27.7 Å². The van der Waals surface area contributed by atoms with Gasteiger partial charge < -0.3 is 0 Å². The average molecular weight is 437 g/mol. The molecule has 0 aliphatic carbocycles. The van der Waals surface area contributed by atoms with Crippen molar-refractivity contribution in [3.05, 3.63) is 94.6 Å². The van der Waals surface area contributed by atoms with Crippen molar-refractivity contribution < 1.29 is 0 Å². The molecule has 0 unspecified atom stereocenters. The van der Waals surface area contributed by atoms with Crippen LogP contribution < -0.4 is 0 Å². The molecule has 0 aliphatic rings. The minimum atomic E-state index is 0.711. The van der Waals surface area contributed by atoms with E-state index in [0.717, 1.165) is 26.9 Å². The summed E-state index contributed by atoms with van der Waals surface area (Å²) in [6, 6.07) is 24.6. The fraction of sp³-hybridized carbons (Fsp3) is 0.0952. The van der Waals surface area contributed by atoms with E-state index >= 15 is 0 Å². The Balaban J connectivity index is 1.64. The van der Waals surface area contributed by atoms with Gasteiger partial charge in [0.1, 0.15) is 5.69 Å². The smallest absolute Gasteiger partial charge is 0.192 e. The Kier molecular flexibility index (Phi) is 5.65. The maximum absolute atomic E-state index is 4.45. The standard InChI is InChI=1S/C21H17BrN4S/c22-18-11-9-17(10-12-18)15-27-21-25-24-20(19-8-4-5-13-23-19)26(21)14-16-6-2-1-3-7-16/h1-13H,14-15H2. The summed E-state index contributed by atoms with van der Waals surface area (Å²) in [4.78, 5) is 4.45. The summed E-state index contributed by atoms with van der Waals surface area (Å²) in [7, 11) is 0. The molecule has 0 saturated heterocycles. The van der Waals surface area contributed by atoms with Crippen LogP contribution in [0, 0.1) is 0 Å². The molecule has 0 saturated carbocycles. The van der Waals surface area contributed by atoms with Gasteiger partial charge in [-0.2, -0.15) is 0 Å². The minimum absolute atomic E-state index is 0.711. The average Bonchev–Trinajstić information content (AvgIpc) is 3.11. The molecule has 4 nitrogen and oxygen atoms in total. The molecule has 0 atom stereocenters. The first-order valence-electron chi connectivity index (χ1n) is 8.55. The number of benzene rings is 2. The predicted octanol–water partition coefficient (Wildman–Crippen LogP) is 5.44. The first kappa shape index (κ1) is 17.9. The normalized spacial score (nSPS) is 10.9. The van der Waals surface area contributed by atoms with Crippen molar-refractivity contribution in [2.45, 2.75) is 17.5 Å². The monoisotopic (exact) mass is 436 g/mol. The van der Waals surface area contributed by atoms with Gasteiger partial charge in [0.05, 0.1) is 6.54 Å². The molecule has 2 aromatic heterocycles. The molecule has 6 heteroatoms. The molecular weight excluding hydrogens is 420 g/mol. The lowest BCUT2D eigenvalue weighted by molar-refractivity contribution is 0.713. The molecule has 4 rings (SSSR count). The van der Waals surface area contributed by atoms with E-state index in [-0.39, 0.29) is 0 Å². The molecule has 2 aromatic carbocycles. The number of pyridine rings is 1. The molecule has 0 amide bonds. The molecule has 27 heavy (non-hydrogen) atoms. The van der Waals surface area contributed by atoms with Crippen molar-refractivity contribution in [2.24, 2.45) is 0 Å². The van der Waals surface area contributed by atoms with Crippen LogP contribution in [0.25, 0.3) is 11.5 Å². The van der Waals surface area contributed by atoms with Crippen molar-refractivity contribution in [2.75, 3.05) is 0 Å². The van der Waals surface area contributed by atoms with E-state index in [4.69, 9.17) is 0 Å². The third-order valence-corrected chi connectivity index (χ3v) is 5.64. The zero-order chi connectivity index (χ0) is 18.5. The highest BCUT2D eigenvalue weighted by atomic mass is 79.9. The first-order valence-corrected chi connectivity index (χ1v) is 10.3. The maximum atomic E-state index is 4.45. The fourth-order valence-electron chi connectivity index (χ4n) is 2.72. The van der Waals surface area contributed by atoms with E-state index in [2.05, 4.69) is 84.2 Å². The van der Waals surface area contributed by atoms with Gasteiger partial charge in [-0.1, -0.05) is 76.2 Å². The van der Waals surface area contributed by atoms with Crippen molar-refractivity contribution in [3.63, 3.8) is 0 Å². The van der Waals surface area contributed by atoms with E-state index in [1.54, 1.807) is 18.0 Å². The molecular formula is C21H17BrN4S. The largest absolute Gasteiger partial charge is 0.296 e. The second-order valence-corrected chi connectivity index (χ2v) is 7.87. The summed E-state index contributed by atoms with van der Waals surface area (Å²) in [5.41, 5.74) is 3.29. The van der Waals surface area contributed by atoms with Gasteiger partial charge >= 0.3 is 0 Å². The molecule has 134 valence electrons. The SMILES string of the molecule is Brc1ccc(CSc2nnc(-c3ccccn3)n2Cc2ccccc2)cc1. The van der Waals surface area contributed by atoms with E-state index in [0.29, 0.717) is 6.54 Å². The van der Waals surface area contributed by atoms with Gasteiger partial charge in [0.2, 0.25) is 0 Å². The van der Waals surface area contributed by atoms with Crippen molar-refractivity contribution >= 4 is 27.7 Å². The third-order valence-electron chi connectivity index (χ3n) is 4.08. The number of thioether (sulfide) groups is 1. The highest BCUT2D eigenvalue weighted by molar-refractivity contribution is 9.10. The van der Waals surface area contributed by atoms with Gasteiger partial charge in [0.25, 0.3) is 0 Å². The number of nitrogens with zero attached hydrogens (tertiary/aromatic N) is 4. The number of halogens is 1. The second kappa shape index (κ2) is 8.50. The van der Waals surface area contributed by atoms with Crippen LogP contribution in [0.2, 0.25) is 0 Å². The Morgan fingerprint density at radius 1 is 0.815 bits per heavy atom. The Morgan fingerprint density at radius 3 is 2.33 bits per heavy atom. The first-order chi connectivity index (χ1) is 13.3. The van der Waals surface area contributed by atoms with Crippen molar-refractivity contribution in [1.82, 2.24) is 19.7 Å². The van der Waals surface area contributed by atoms with Gasteiger partial charge in [-0.05, 0) is 35.4 Å². The summed E-state index contributed by atoms with van der Waals surface area (Å²) in [5.74, 6) is 1.63. The Labute approximate surface area is 170 Å². The molecule has 0 bridgehead atoms. The van der Waals surface area contributed by atoms with Crippen LogP contribution in [0.5, 0.6) is 0 Å². The van der Waals surface area contributed by atoms with Gasteiger partial charge in [0.15, 0.2) is 11.0 Å². The molecule has 0 radical (unpaired) electrons. The molecule has 4 aromatic rings. The lowest BCUT2D eigenvalue weighted by Crippen LogP contribution is -2.04. The number of rotatable bonds is 6. The summed E-state index contributed by atoms with van der Waals surface area (Å²) in [6.45, 7) is 0.711. The molecule has 0 aliphatic heterocycles. The van der Waals surface area contributed by atoms with Crippen LogP contribution in [0.3, 0.4) is 0 Å². The highest BCUT2D eigenvalue weighted by Crippen LogP contribution is 2.27. The maximum Gasteiger partial charge on any atom is 0.192 e. The van der Waals surface area contributed by atoms with Crippen molar-refractivity contribution in [1.29, 1.82) is 0 Å². The lowest BCUT2D eigenvalue weighted by Gasteiger charge is -2.10. The van der Waals surface area contributed by atoms with Gasteiger partial charge in [-0.15, -0.1) is 10.2 Å². The number of aromatic nitrogens is 4. The highest BCUT2D eigenvalue weighted by Gasteiger charge is 2.15. The molecule has 0 N–H and O–H groups in total. The molecule has 2 heterocycles. The summed E-state index contributed by atoms with van der Waals surface area (Å²) in [5, 5.41) is 9.77. The van der Waals surface area contributed by atoms with Crippen LogP contribution in [-0.2, 0) is 12.3 Å². The third kappa shape index (κ3) is 4.46. The van der Waals surface area contributed by atoms with Crippen LogP contribution in [0.1, 0.15) is 11.1 Å². The van der Waals surface area contributed by atoms with Crippen LogP contribution in [-0.4, -0.2) is 19.7 Å².